The highest BCUT2D eigenvalue weighted by atomic mass is 79.9. The van der Waals surface area contributed by atoms with Crippen molar-refractivity contribution >= 4 is 27.5 Å². The molecule has 0 fully saturated rings. The number of aromatic nitrogens is 4. The standard InChI is InChI=1S/C12H15BrN6O3/c1-7-11(19(21)22)6-18(16-7)8(2)12(20)14-5-10-9(13)4-15-17(10)3/h4,6,8H,5H2,1-3H3,(H,14,20). The Bertz CT molecular complexity index is 703. The van der Waals surface area contributed by atoms with Crippen LogP contribution in [0.3, 0.4) is 0 Å². The monoisotopic (exact) mass is 370 g/mol. The van der Waals surface area contributed by atoms with Crippen LogP contribution in [-0.2, 0) is 18.4 Å². The van der Waals surface area contributed by atoms with E-state index < -0.39 is 11.0 Å². The van der Waals surface area contributed by atoms with Gasteiger partial charge in [-0.25, -0.2) is 0 Å². The molecule has 1 amide bonds. The molecule has 2 aromatic rings. The van der Waals surface area contributed by atoms with Gasteiger partial charge in [0, 0.05) is 7.05 Å². The first kappa shape index (κ1) is 16.1. The summed E-state index contributed by atoms with van der Waals surface area (Å²) in [6, 6.07) is -0.653. The Morgan fingerprint density at radius 2 is 2.27 bits per heavy atom. The van der Waals surface area contributed by atoms with E-state index in [0.29, 0.717) is 6.54 Å². The lowest BCUT2D eigenvalue weighted by Crippen LogP contribution is -2.31. The summed E-state index contributed by atoms with van der Waals surface area (Å²) >= 11 is 3.35. The van der Waals surface area contributed by atoms with Gasteiger partial charge in [0.25, 0.3) is 0 Å². The topological polar surface area (TPSA) is 108 Å². The Morgan fingerprint density at radius 3 is 2.77 bits per heavy atom. The van der Waals surface area contributed by atoms with Crippen LogP contribution in [0.25, 0.3) is 0 Å². The molecule has 2 aromatic heterocycles. The molecule has 0 aliphatic carbocycles. The predicted octanol–water partition coefficient (Wildman–Crippen LogP) is 1.47. The van der Waals surface area contributed by atoms with Crippen molar-refractivity contribution in [1.82, 2.24) is 24.9 Å². The van der Waals surface area contributed by atoms with Gasteiger partial charge < -0.3 is 5.32 Å². The number of hydrogen-bond donors (Lipinski definition) is 1. The Kier molecular flexibility index (Phi) is 4.59. The normalized spacial score (nSPS) is 12.2. The fourth-order valence-corrected chi connectivity index (χ4v) is 2.41. The van der Waals surface area contributed by atoms with Crippen molar-refractivity contribution < 1.29 is 9.72 Å². The highest BCUT2D eigenvalue weighted by molar-refractivity contribution is 9.10. The largest absolute Gasteiger partial charge is 0.349 e. The number of nitrogens with zero attached hydrogens (tertiary/aromatic N) is 5. The highest BCUT2D eigenvalue weighted by Crippen LogP contribution is 2.19. The average Bonchev–Trinajstić information content (AvgIpc) is 2.99. The molecule has 0 radical (unpaired) electrons. The summed E-state index contributed by atoms with van der Waals surface area (Å²) < 4.78 is 3.74. The highest BCUT2D eigenvalue weighted by Gasteiger charge is 2.22. The molecule has 0 aliphatic rings. The van der Waals surface area contributed by atoms with E-state index in [9.17, 15) is 14.9 Å². The second-order valence-electron chi connectivity index (χ2n) is 4.79. The Hall–Kier alpha value is -2.23. The van der Waals surface area contributed by atoms with Crippen LogP contribution in [0.2, 0.25) is 0 Å². The first-order chi connectivity index (χ1) is 10.3. The van der Waals surface area contributed by atoms with Gasteiger partial charge in [-0.1, -0.05) is 0 Å². The molecule has 118 valence electrons. The molecule has 10 heteroatoms. The summed E-state index contributed by atoms with van der Waals surface area (Å²) in [4.78, 5) is 22.5. The van der Waals surface area contributed by atoms with Crippen molar-refractivity contribution in [3.63, 3.8) is 0 Å². The average molecular weight is 371 g/mol. The van der Waals surface area contributed by atoms with E-state index in [1.54, 1.807) is 24.9 Å². The molecule has 22 heavy (non-hydrogen) atoms. The summed E-state index contributed by atoms with van der Waals surface area (Å²) in [6.45, 7) is 3.46. The van der Waals surface area contributed by atoms with Gasteiger partial charge >= 0.3 is 5.69 Å². The minimum absolute atomic E-state index is 0.103. The number of nitro groups is 1. The van der Waals surface area contributed by atoms with Crippen molar-refractivity contribution in [3.05, 3.63) is 38.4 Å². The molecule has 0 aromatic carbocycles. The molecule has 1 atom stereocenters. The third-order valence-electron chi connectivity index (χ3n) is 3.30. The maximum absolute atomic E-state index is 12.2. The fourth-order valence-electron chi connectivity index (χ4n) is 1.92. The zero-order chi connectivity index (χ0) is 16.4. The summed E-state index contributed by atoms with van der Waals surface area (Å²) in [5, 5.41) is 21.7. The molecule has 2 rings (SSSR count). The van der Waals surface area contributed by atoms with E-state index in [1.165, 1.54) is 17.8 Å². The number of nitrogens with one attached hydrogen (secondary N) is 1. The summed E-state index contributed by atoms with van der Waals surface area (Å²) in [7, 11) is 1.77. The van der Waals surface area contributed by atoms with Gasteiger partial charge in [-0.2, -0.15) is 10.2 Å². The number of carbonyl (C=O) groups is 1. The van der Waals surface area contributed by atoms with Crippen molar-refractivity contribution in [2.45, 2.75) is 26.4 Å². The molecule has 0 spiro atoms. The lowest BCUT2D eigenvalue weighted by molar-refractivity contribution is -0.385. The number of rotatable bonds is 5. The number of halogens is 1. The molecule has 1 N–H and O–H groups in total. The van der Waals surface area contributed by atoms with Crippen LogP contribution in [0.5, 0.6) is 0 Å². The quantitative estimate of drug-likeness (QED) is 0.633. The maximum Gasteiger partial charge on any atom is 0.309 e. The van der Waals surface area contributed by atoms with Crippen LogP contribution in [0.4, 0.5) is 5.69 Å². The molecular weight excluding hydrogens is 356 g/mol. The minimum Gasteiger partial charge on any atom is -0.349 e. The molecule has 0 aliphatic heterocycles. The van der Waals surface area contributed by atoms with Crippen LogP contribution < -0.4 is 5.32 Å². The molecule has 1 unspecified atom stereocenters. The van der Waals surface area contributed by atoms with Gasteiger partial charge in [-0.15, -0.1) is 0 Å². The van der Waals surface area contributed by atoms with E-state index >= 15 is 0 Å². The van der Waals surface area contributed by atoms with Crippen molar-refractivity contribution in [2.24, 2.45) is 7.05 Å². The van der Waals surface area contributed by atoms with Crippen molar-refractivity contribution in [2.75, 3.05) is 0 Å². The van der Waals surface area contributed by atoms with Gasteiger partial charge in [0.1, 0.15) is 17.9 Å². The first-order valence-corrected chi connectivity index (χ1v) is 7.24. The molecule has 2 heterocycles. The smallest absolute Gasteiger partial charge is 0.309 e. The summed E-state index contributed by atoms with van der Waals surface area (Å²) in [6.07, 6.45) is 2.91. The van der Waals surface area contributed by atoms with E-state index in [4.69, 9.17) is 0 Å². The maximum atomic E-state index is 12.2. The zero-order valence-electron chi connectivity index (χ0n) is 12.3. The second kappa shape index (κ2) is 6.26. The molecule has 0 bridgehead atoms. The van der Waals surface area contributed by atoms with E-state index in [1.807, 2.05) is 0 Å². The van der Waals surface area contributed by atoms with Gasteiger partial charge in [0.05, 0.1) is 27.8 Å². The van der Waals surface area contributed by atoms with Gasteiger partial charge in [0.2, 0.25) is 5.91 Å². The Balaban J connectivity index is 2.06. The first-order valence-electron chi connectivity index (χ1n) is 6.45. The lowest BCUT2D eigenvalue weighted by Gasteiger charge is -2.12. The molecule has 0 saturated carbocycles. The Morgan fingerprint density at radius 1 is 1.59 bits per heavy atom. The van der Waals surface area contributed by atoms with E-state index in [0.717, 1.165) is 10.2 Å². The van der Waals surface area contributed by atoms with Crippen LogP contribution >= 0.6 is 15.9 Å². The number of hydrogen-bond acceptors (Lipinski definition) is 5. The molecular formula is C12H15BrN6O3. The fraction of sp³-hybridized carbons (Fsp3) is 0.417. The van der Waals surface area contributed by atoms with Crippen LogP contribution in [-0.4, -0.2) is 30.4 Å². The summed E-state index contributed by atoms with van der Waals surface area (Å²) in [5.74, 6) is -0.287. The van der Waals surface area contributed by atoms with Crippen LogP contribution in [0, 0.1) is 17.0 Å². The van der Waals surface area contributed by atoms with E-state index in [-0.39, 0.29) is 17.3 Å². The summed E-state index contributed by atoms with van der Waals surface area (Å²) in [5.41, 5.74) is 0.997. The van der Waals surface area contributed by atoms with Gasteiger partial charge in [0.15, 0.2) is 0 Å². The number of carbonyl (C=O) groups excluding carboxylic acids is 1. The minimum atomic E-state index is -0.653. The van der Waals surface area contributed by atoms with Crippen molar-refractivity contribution in [3.8, 4) is 0 Å². The third-order valence-corrected chi connectivity index (χ3v) is 3.97. The molecule has 9 nitrogen and oxygen atoms in total. The second-order valence-corrected chi connectivity index (χ2v) is 5.65. The predicted molar refractivity (Wildman–Crippen MR) is 81.1 cm³/mol. The SMILES string of the molecule is Cc1nn(C(C)C(=O)NCc2c(Br)cnn2C)cc1[N+](=O)[O-]. The molecule has 0 saturated heterocycles. The van der Waals surface area contributed by atoms with Gasteiger partial charge in [-0.05, 0) is 29.8 Å². The van der Waals surface area contributed by atoms with Crippen LogP contribution in [0.15, 0.2) is 16.9 Å². The number of aryl methyl sites for hydroxylation is 2. The Labute approximate surface area is 134 Å². The number of amides is 1. The van der Waals surface area contributed by atoms with Gasteiger partial charge in [-0.3, -0.25) is 24.3 Å². The van der Waals surface area contributed by atoms with Crippen molar-refractivity contribution in [1.29, 1.82) is 0 Å². The lowest BCUT2D eigenvalue weighted by atomic mass is 10.3. The third kappa shape index (κ3) is 3.16. The van der Waals surface area contributed by atoms with E-state index in [2.05, 4.69) is 31.4 Å². The van der Waals surface area contributed by atoms with Crippen LogP contribution in [0.1, 0.15) is 24.4 Å². The zero-order valence-corrected chi connectivity index (χ0v) is 13.9.